The Morgan fingerprint density at radius 3 is 2.89 bits per heavy atom. The summed E-state index contributed by atoms with van der Waals surface area (Å²) in [6.45, 7) is 5.93. The van der Waals surface area contributed by atoms with E-state index in [1.54, 1.807) is 0 Å². The highest BCUT2D eigenvalue weighted by Crippen LogP contribution is 2.21. The first-order valence-electron chi connectivity index (χ1n) is 9.26. The van der Waals surface area contributed by atoms with Crippen molar-refractivity contribution in [3.05, 3.63) is 46.3 Å². The van der Waals surface area contributed by atoms with Gasteiger partial charge in [0, 0.05) is 45.0 Å². The predicted molar refractivity (Wildman–Crippen MR) is 106 cm³/mol. The number of nitrogens with one attached hydrogen (secondary N) is 1. The number of likely N-dealkylation sites (tertiary alicyclic amines) is 1. The molecular formula is C19H23BrFN5O. The van der Waals surface area contributed by atoms with Crippen LogP contribution < -0.4 is 10.2 Å². The molecule has 2 aliphatic rings. The first kappa shape index (κ1) is 18.6. The Kier molecular flexibility index (Phi) is 5.85. The molecule has 27 heavy (non-hydrogen) atoms. The second-order valence-corrected chi connectivity index (χ2v) is 7.81. The highest BCUT2D eigenvalue weighted by molar-refractivity contribution is 9.10. The van der Waals surface area contributed by atoms with E-state index >= 15 is 0 Å². The summed E-state index contributed by atoms with van der Waals surface area (Å²) in [5.41, 5.74) is 1.11. The highest BCUT2D eigenvalue weighted by atomic mass is 79.9. The van der Waals surface area contributed by atoms with Crippen LogP contribution in [0.2, 0.25) is 0 Å². The molecule has 0 spiro atoms. The SMILES string of the molecule is Fc1ccc(CN2CCC(Nc3nccc(N4CCOCC4)n3)C2)cc1Br. The largest absolute Gasteiger partial charge is 0.378 e. The van der Waals surface area contributed by atoms with Crippen LogP contribution in [0.25, 0.3) is 0 Å². The van der Waals surface area contributed by atoms with Crippen LogP contribution in [0.1, 0.15) is 12.0 Å². The number of morpholine rings is 1. The molecule has 1 N–H and O–H groups in total. The van der Waals surface area contributed by atoms with Gasteiger partial charge in [0.1, 0.15) is 11.6 Å². The lowest BCUT2D eigenvalue weighted by Gasteiger charge is -2.28. The van der Waals surface area contributed by atoms with E-state index in [9.17, 15) is 4.39 Å². The van der Waals surface area contributed by atoms with Crippen LogP contribution in [0, 0.1) is 5.82 Å². The Morgan fingerprint density at radius 2 is 2.07 bits per heavy atom. The number of hydrogen-bond acceptors (Lipinski definition) is 6. The Labute approximate surface area is 166 Å². The van der Waals surface area contributed by atoms with Crippen molar-refractivity contribution in [3.8, 4) is 0 Å². The molecule has 2 fully saturated rings. The lowest BCUT2D eigenvalue weighted by molar-refractivity contribution is 0.122. The highest BCUT2D eigenvalue weighted by Gasteiger charge is 2.23. The van der Waals surface area contributed by atoms with E-state index in [0.717, 1.165) is 63.7 Å². The molecule has 144 valence electrons. The zero-order valence-corrected chi connectivity index (χ0v) is 16.7. The first-order chi connectivity index (χ1) is 13.2. The Morgan fingerprint density at radius 1 is 1.22 bits per heavy atom. The second kappa shape index (κ2) is 8.50. The maximum atomic E-state index is 13.4. The molecule has 1 aromatic carbocycles. The van der Waals surface area contributed by atoms with Crippen molar-refractivity contribution in [2.75, 3.05) is 49.6 Å². The Balaban J connectivity index is 1.33. The van der Waals surface area contributed by atoms with Gasteiger partial charge >= 0.3 is 0 Å². The summed E-state index contributed by atoms with van der Waals surface area (Å²) < 4.78 is 19.3. The molecule has 0 bridgehead atoms. The summed E-state index contributed by atoms with van der Waals surface area (Å²) in [5, 5.41) is 3.47. The van der Waals surface area contributed by atoms with Crippen molar-refractivity contribution >= 4 is 27.7 Å². The molecule has 1 aromatic heterocycles. The van der Waals surface area contributed by atoms with Gasteiger partial charge in [0.25, 0.3) is 0 Å². The lowest BCUT2D eigenvalue weighted by Crippen LogP contribution is -2.37. The molecule has 1 unspecified atom stereocenters. The third-order valence-electron chi connectivity index (χ3n) is 4.97. The summed E-state index contributed by atoms with van der Waals surface area (Å²) in [5.74, 6) is 1.40. The molecule has 2 aliphatic heterocycles. The summed E-state index contributed by atoms with van der Waals surface area (Å²) in [4.78, 5) is 13.6. The van der Waals surface area contributed by atoms with Gasteiger partial charge < -0.3 is 15.0 Å². The smallest absolute Gasteiger partial charge is 0.224 e. The van der Waals surface area contributed by atoms with E-state index in [0.29, 0.717) is 16.5 Å². The molecule has 3 heterocycles. The third-order valence-corrected chi connectivity index (χ3v) is 5.58. The molecule has 0 radical (unpaired) electrons. The summed E-state index contributed by atoms with van der Waals surface area (Å²) in [6.07, 6.45) is 2.84. The fourth-order valence-corrected chi connectivity index (χ4v) is 3.99. The number of aromatic nitrogens is 2. The summed E-state index contributed by atoms with van der Waals surface area (Å²) in [6, 6.07) is 7.47. The number of ether oxygens (including phenoxy) is 1. The minimum atomic E-state index is -0.225. The van der Waals surface area contributed by atoms with Gasteiger partial charge in [-0.3, -0.25) is 4.90 Å². The molecule has 0 saturated carbocycles. The van der Waals surface area contributed by atoms with Crippen molar-refractivity contribution < 1.29 is 9.13 Å². The monoisotopic (exact) mass is 435 g/mol. The molecule has 0 aliphatic carbocycles. The van der Waals surface area contributed by atoms with Gasteiger partial charge in [0.15, 0.2) is 0 Å². The maximum absolute atomic E-state index is 13.4. The van der Waals surface area contributed by atoms with Crippen LogP contribution in [-0.4, -0.2) is 60.3 Å². The van der Waals surface area contributed by atoms with Crippen molar-refractivity contribution in [2.45, 2.75) is 19.0 Å². The van der Waals surface area contributed by atoms with E-state index < -0.39 is 0 Å². The third kappa shape index (κ3) is 4.75. The number of rotatable bonds is 5. The molecule has 0 amide bonds. The van der Waals surface area contributed by atoms with Crippen LogP contribution >= 0.6 is 15.9 Å². The summed E-state index contributed by atoms with van der Waals surface area (Å²) in [7, 11) is 0. The van der Waals surface area contributed by atoms with Gasteiger partial charge in [-0.1, -0.05) is 6.07 Å². The number of nitrogens with zero attached hydrogens (tertiary/aromatic N) is 4. The Hall–Kier alpha value is -1.77. The van der Waals surface area contributed by atoms with Gasteiger partial charge in [0.2, 0.25) is 5.95 Å². The first-order valence-corrected chi connectivity index (χ1v) is 10.1. The van der Waals surface area contributed by atoms with E-state index in [1.807, 2.05) is 24.4 Å². The zero-order chi connectivity index (χ0) is 18.6. The quantitative estimate of drug-likeness (QED) is 0.778. The molecule has 6 nitrogen and oxygen atoms in total. The number of benzene rings is 1. The zero-order valence-electron chi connectivity index (χ0n) is 15.1. The van der Waals surface area contributed by atoms with E-state index in [4.69, 9.17) is 4.74 Å². The van der Waals surface area contributed by atoms with Gasteiger partial charge in [-0.2, -0.15) is 4.98 Å². The fraction of sp³-hybridized carbons (Fsp3) is 0.474. The fourth-order valence-electron chi connectivity index (χ4n) is 3.56. The minimum absolute atomic E-state index is 0.225. The van der Waals surface area contributed by atoms with Gasteiger partial charge in [-0.25, -0.2) is 9.37 Å². The number of anilines is 2. The van der Waals surface area contributed by atoms with E-state index in [-0.39, 0.29) is 5.82 Å². The molecule has 2 aromatic rings. The predicted octanol–water partition coefficient (Wildman–Crippen LogP) is 2.90. The molecular weight excluding hydrogens is 413 g/mol. The van der Waals surface area contributed by atoms with Crippen LogP contribution in [0.4, 0.5) is 16.2 Å². The van der Waals surface area contributed by atoms with E-state index in [1.165, 1.54) is 6.07 Å². The van der Waals surface area contributed by atoms with Crippen LogP contribution in [0.5, 0.6) is 0 Å². The standard InChI is InChI=1S/C19H23BrFN5O/c20-16-11-14(1-2-17(16)21)12-25-6-4-15(13-25)23-19-22-5-3-18(24-19)26-7-9-27-10-8-26/h1-3,5,11,15H,4,6-10,12-13H2,(H,22,23,24). The topological polar surface area (TPSA) is 53.5 Å². The van der Waals surface area contributed by atoms with Gasteiger partial charge in [-0.05, 0) is 46.1 Å². The second-order valence-electron chi connectivity index (χ2n) is 6.95. The van der Waals surface area contributed by atoms with Crippen molar-refractivity contribution in [1.82, 2.24) is 14.9 Å². The number of halogens is 2. The van der Waals surface area contributed by atoms with Crippen LogP contribution in [0.15, 0.2) is 34.9 Å². The van der Waals surface area contributed by atoms with E-state index in [2.05, 4.69) is 41.0 Å². The van der Waals surface area contributed by atoms with Crippen molar-refractivity contribution in [1.29, 1.82) is 0 Å². The average molecular weight is 436 g/mol. The van der Waals surface area contributed by atoms with Crippen LogP contribution in [-0.2, 0) is 11.3 Å². The van der Waals surface area contributed by atoms with Crippen molar-refractivity contribution in [3.63, 3.8) is 0 Å². The normalized spacial score (nSPS) is 20.8. The van der Waals surface area contributed by atoms with Crippen LogP contribution in [0.3, 0.4) is 0 Å². The molecule has 1 atom stereocenters. The van der Waals surface area contributed by atoms with Gasteiger partial charge in [0.05, 0.1) is 17.7 Å². The minimum Gasteiger partial charge on any atom is -0.378 e. The average Bonchev–Trinajstić information content (AvgIpc) is 3.12. The Bertz CT molecular complexity index is 786. The lowest BCUT2D eigenvalue weighted by atomic mass is 10.2. The molecule has 4 rings (SSSR count). The molecule has 2 saturated heterocycles. The molecule has 8 heteroatoms. The van der Waals surface area contributed by atoms with Gasteiger partial charge in [-0.15, -0.1) is 0 Å². The maximum Gasteiger partial charge on any atom is 0.224 e. The number of hydrogen-bond donors (Lipinski definition) is 1. The van der Waals surface area contributed by atoms with Crippen molar-refractivity contribution in [2.24, 2.45) is 0 Å². The summed E-state index contributed by atoms with van der Waals surface area (Å²) >= 11 is 3.26.